The predicted octanol–water partition coefficient (Wildman–Crippen LogP) is 2.14. The first kappa shape index (κ1) is 12.5. The summed E-state index contributed by atoms with van der Waals surface area (Å²) < 4.78 is 10.8. The molecule has 1 heterocycles. The van der Waals surface area contributed by atoms with Crippen LogP contribution in [0.3, 0.4) is 0 Å². The van der Waals surface area contributed by atoms with Gasteiger partial charge in [-0.25, -0.2) is 0 Å². The van der Waals surface area contributed by atoms with E-state index in [4.69, 9.17) is 15.0 Å². The molecule has 0 saturated heterocycles. The molecule has 96 valence electrons. The first-order chi connectivity index (χ1) is 8.09. The highest BCUT2D eigenvalue weighted by molar-refractivity contribution is 5.08. The quantitative estimate of drug-likeness (QED) is 0.823. The van der Waals surface area contributed by atoms with Gasteiger partial charge in [0.25, 0.3) is 0 Å². The van der Waals surface area contributed by atoms with Gasteiger partial charge in [-0.05, 0) is 39.0 Å². The van der Waals surface area contributed by atoms with Crippen molar-refractivity contribution in [2.75, 3.05) is 6.61 Å². The third-order valence-corrected chi connectivity index (χ3v) is 3.35. The molecule has 5 heteroatoms. The number of rotatable bonds is 6. The molecule has 1 aliphatic carbocycles. The summed E-state index contributed by atoms with van der Waals surface area (Å²) >= 11 is 0. The molecule has 17 heavy (non-hydrogen) atoms. The van der Waals surface area contributed by atoms with E-state index in [1.165, 1.54) is 0 Å². The maximum absolute atomic E-state index is 6.24. The molecule has 0 radical (unpaired) electrons. The van der Waals surface area contributed by atoms with Gasteiger partial charge in [0, 0.05) is 6.61 Å². The van der Waals surface area contributed by atoms with Gasteiger partial charge in [-0.3, -0.25) is 0 Å². The summed E-state index contributed by atoms with van der Waals surface area (Å²) in [7, 11) is 0. The molecule has 1 aromatic rings. The maximum Gasteiger partial charge on any atom is 0.246 e. The Morgan fingerprint density at radius 1 is 1.53 bits per heavy atom. The number of hydrogen-bond acceptors (Lipinski definition) is 5. The summed E-state index contributed by atoms with van der Waals surface area (Å²) in [4.78, 5) is 4.41. The lowest BCUT2D eigenvalue weighted by molar-refractivity contribution is 0.0518. The average Bonchev–Trinajstić information content (AvgIpc) is 3.05. The summed E-state index contributed by atoms with van der Waals surface area (Å²) in [5.41, 5.74) is 5.74. The lowest BCUT2D eigenvalue weighted by Crippen LogP contribution is -2.35. The van der Waals surface area contributed by atoms with Gasteiger partial charge in [0.1, 0.15) is 6.10 Å². The van der Waals surface area contributed by atoms with Crippen LogP contribution in [0, 0.1) is 5.92 Å². The second kappa shape index (κ2) is 4.74. The smallest absolute Gasteiger partial charge is 0.246 e. The minimum atomic E-state index is -0.490. The van der Waals surface area contributed by atoms with Crippen molar-refractivity contribution in [3.05, 3.63) is 11.7 Å². The topological polar surface area (TPSA) is 74.2 Å². The summed E-state index contributed by atoms with van der Waals surface area (Å²) in [6.45, 7) is 6.61. The number of ether oxygens (including phenoxy) is 1. The third kappa shape index (κ3) is 2.50. The van der Waals surface area contributed by atoms with Crippen LogP contribution in [0.5, 0.6) is 0 Å². The average molecular weight is 239 g/mol. The van der Waals surface area contributed by atoms with Crippen LogP contribution in [0.2, 0.25) is 0 Å². The number of nitrogens with two attached hydrogens (primary N) is 1. The van der Waals surface area contributed by atoms with E-state index in [0.29, 0.717) is 24.2 Å². The molecule has 2 unspecified atom stereocenters. The molecule has 0 aliphatic heterocycles. The first-order valence-electron chi connectivity index (χ1n) is 6.34. The Labute approximate surface area is 102 Å². The molecule has 0 bridgehead atoms. The Hall–Kier alpha value is -0.940. The van der Waals surface area contributed by atoms with Gasteiger partial charge in [0.05, 0.1) is 5.54 Å². The summed E-state index contributed by atoms with van der Waals surface area (Å²) in [5.74, 6) is 1.62. The second-order valence-electron chi connectivity index (χ2n) is 4.87. The Bertz CT molecular complexity index is 372. The predicted molar refractivity (Wildman–Crippen MR) is 63.2 cm³/mol. The summed E-state index contributed by atoms with van der Waals surface area (Å²) in [6.07, 6.45) is 3.03. The maximum atomic E-state index is 6.24. The summed E-state index contributed by atoms with van der Waals surface area (Å²) in [5, 5.41) is 3.99. The highest BCUT2D eigenvalue weighted by atomic mass is 16.5. The van der Waals surface area contributed by atoms with Crippen molar-refractivity contribution in [1.82, 2.24) is 10.1 Å². The summed E-state index contributed by atoms with van der Waals surface area (Å²) in [6, 6.07) is 0. The second-order valence-corrected chi connectivity index (χ2v) is 4.87. The Kier molecular flexibility index (Phi) is 3.49. The Balaban J connectivity index is 2.14. The van der Waals surface area contributed by atoms with Crippen molar-refractivity contribution in [1.29, 1.82) is 0 Å². The van der Waals surface area contributed by atoms with Crippen LogP contribution in [0.4, 0.5) is 0 Å². The fourth-order valence-corrected chi connectivity index (χ4v) is 2.02. The van der Waals surface area contributed by atoms with E-state index in [2.05, 4.69) is 10.1 Å². The lowest BCUT2D eigenvalue weighted by Gasteiger charge is -2.18. The molecule has 2 atom stereocenters. The molecule has 2 N–H and O–H groups in total. The van der Waals surface area contributed by atoms with E-state index in [-0.39, 0.29) is 6.10 Å². The van der Waals surface area contributed by atoms with Gasteiger partial charge in [-0.15, -0.1) is 0 Å². The molecular formula is C12H21N3O2. The van der Waals surface area contributed by atoms with Gasteiger partial charge in [-0.2, -0.15) is 4.98 Å². The Morgan fingerprint density at radius 2 is 2.24 bits per heavy atom. The zero-order valence-corrected chi connectivity index (χ0v) is 10.8. The number of aromatic nitrogens is 2. The normalized spacial score (nSPS) is 21.2. The van der Waals surface area contributed by atoms with Crippen LogP contribution in [-0.4, -0.2) is 16.7 Å². The molecule has 1 aliphatic rings. The van der Waals surface area contributed by atoms with Crippen molar-refractivity contribution < 1.29 is 9.26 Å². The van der Waals surface area contributed by atoms with E-state index >= 15 is 0 Å². The molecule has 1 saturated carbocycles. The van der Waals surface area contributed by atoms with Crippen LogP contribution in [0.25, 0.3) is 0 Å². The molecule has 2 rings (SSSR count). The van der Waals surface area contributed by atoms with Crippen LogP contribution in [0.15, 0.2) is 4.52 Å². The molecule has 1 fully saturated rings. The molecule has 0 aromatic carbocycles. The minimum absolute atomic E-state index is 0.0903. The van der Waals surface area contributed by atoms with E-state index < -0.39 is 5.54 Å². The zero-order chi connectivity index (χ0) is 12.5. The van der Waals surface area contributed by atoms with Crippen LogP contribution in [-0.2, 0) is 10.3 Å². The highest BCUT2D eigenvalue weighted by Gasteiger charge is 2.44. The van der Waals surface area contributed by atoms with Crippen molar-refractivity contribution in [2.45, 2.75) is 51.7 Å². The van der Waals surface area contributed by atoms with Gasteiger partial charge < -0.3 is 15.0 Å². The van der Waals surface area contributed by atoms with E-state index in [9.17, 15) is 0 Å². The number of hydrogen-bond donors (Lipinski definition) is 1. The van der Waals surface area contributed by atoms with E-state index in [0.717, 1.165) is 19.3 Å². The van der Waals surface area contributed by atoms with Gasteiger partial charge in [-0.1, -0.05) is 12.1 Å². The Morgan fingerprint density at radius 3 is 2.76 bits per heavy atom. The minimum Gasteiger partial charge on any atom is -0.370 e. The van der Waals surface area contributed by atoms with Gasteiger partial charge in [0.15, 0.2) is 0 Å². The van der Waals surface area contributed by atoms with Crippen molar-refractivity contribution >= 4 is 0 Å². The number of nitrogens with zero attached hydrogens (tertiary/aromatic N) is 2. The SMILES string of the molecule is CCOC(CC)c1noc(C(C)(N)C2CC2)n1. The first-order valence-corrected chi connectivity index (χ1v) is 6.34. The zero-order valence-electron chi connectivity index (χ0n) is 10.8. The third-order valence-electron chi connectivity index (χ3n) is 3.35. The van der Waals surface area contributed by atoms with Crippen molar-refractivity contribution in [3.8, 4) is 0 Å². The van der Waals surface area contributed by atoms with Crippen LogP contribution in [0.1, 0.15) is 57.9 Å². The van der Waals surface area contributed by atoms with Crippen LogP contribution < -0.4 is 5.73 Å². The van der Waals surface area contributed by atoms with E-state index in [1.807, 2.05) is 20.8 Å². The fraction of sp³-hybridized carbons (Fsp3) is 0.833. The lowest BCUT2D eigenvalue weighted by atomic mass is 9.97. The van der Waals surface area contributed by atoms with E-state index in [1.54, 1.807) is 0 Å². The molecular weight excluding hydrogens is 218 g/mol. The van der Waals surface area contributed by atoms with Crippen molar-refractivity contribution in [3.63, 3.8) is 0 Å². The molecule has 1 aromatic heterocycles. The van der Waals surface area contributed by atoms with Gasteiger partial charge in [0.2, 0.25) is 11.7 Å². The molecule has 0 spiro atoms. The molecule has 5 nitrogen and oxygen atoms in total. The van der Waals surface area contributed by atoms with Crippen molar-refractivity contribution in [2.24, 2.45) is 11.7 Å². The molecule has 0 amide bonds. The van der Waals surface area contributed by atoms with Gasteiger partial charge >= 0.3 is 0 Å². The highest BCUT2D eigenvalue weighted by Crippen LogP contribution is 2.43. The van der Waals surface area contributed by atoms with Crippen LogP contribution >= 0.6 is 0 Å². The fourth-order valence-electron chi connectivity index (χ4n) is 2.02. The largest absolute Gasteiger partial charge is 0.370 e. The standard InChI is InChI=1S/C12H21N3O2/c1-4-9(16-5-2)10-14-11(17-15-10)12(3,13)8-6-7-8/h8-9H,4-7,13H2,1-3H3. The monoisotopic (exact) mass is 239 g/mol.